The van der Waals surface area contributed by atoms with Crippen LogP contribution in [0.5, 0.6) is 0 Å². The van der Waals surface area contributed by atoms with E-state index < -0.39 is 0 Å². The molecule has 11 heavy (non-hydrogen) atoms. The summed E-state index contributed by atoms with van der Waals surface area (Å²) in [4.78, 5) is 0. The van der Waals surface area contributed by atoms with Crippen molar-refractivity contribution in [2.24, 2.45) is 0 Å². The molecule has 0 fully saturated rings. The predicted octanol–water partition coefficient (Wildman–Crippen LogP) is 2.50. The Bertz CT molecular complexity index is 83.6. The maximum absolute atomic E-state index is 3.22. The minimum atomic E-state index is 0.253. The molecule has 0 aliphatic carbocycles. The standard InChI is InChI=1S/C9H22NP/c1-8(2)11(9(3)4)7-6-10-5/h8-10H,6-7H2,1-5H3. The summed E-state index contributed by atoms with van der Waals surface area (Å²) in [5.74, 6) is 0. The Morgan fingerprint density at radius 2 is 1.55 bits per heavy atom. The van der Waals surface area contributed by atoms with E-state index in [9.17, 15) is 0 Å². The minimum absolute atomic E-state index is 0.253. The number of nitrogens with one attached hydrogen (secondary N) is 1. The lowest BCUT2D eigenvalue weighted by atomic mass is 10.5. The van der Waals surface area contributed by atoms with Crippen LogP contribution < -0.4 is 5.32 Å². The highest BCUT2D eigenvalue weighted by molar-refractivity contribution is 7.59. The van der Waals surface area contributed by atoms with E-state index in [1.54, 1.807) is 0 Å². The molecule has 0 aliphatic rings. The fraction of sp³-hybridized carbons (Fsp3) is 1.00. The lowest BCUT2D eigenvalue weighted by Gasteiger charge is -2.25. The predicted molar refractivity (Wildman–Crippen MR) is 56.0 cm³/mol. The van der Waals surface area contributed by atoms with Gasteiger partial charge in [0.1, 0.15) is 0 Å². The van der Waals surface area contributed by atoms with E-state index in [4.69, 9.17) is 0 Å². The molecule has 0 saturated carbocycles. The van der Waals surface area contributed by atoms with E-state index in [-0.39, 0.29) is 7.92 Å². The van der Waals surface area contributed by atoms with E-state index >= 15 is 0 Å². The zero-order chi connectivity index (χ0) is 8.85. The summed E-state index contributed by atoms with van der Waals surface area (Å²) in [6.07, 6.45) is 1.38. The summed E-state index contributed by atoms with van der Waals surface area (Å²) in [5.41, 5.74) is 1.77. The first-order valence-electron chi connectivity index (χ1n) is 4.50. The zero-order valence-electron chi connectivity index (χ0n) is 8.52. The van der Waals surface area contributed by atoms with Gasteiger partial charge in [0.2, 0.25) is 0 Å². The lowest BCUT2D eigenvalue weighted by molar-refractivity contribution is 0.855. The average Bonchev–Trinajstić information content (AvgIpc) is 1.87. The third-order valence-corrected chi connectivity index (χ3v) is 5.34. The molecular formula is C9H22NP. The van der Waals surface area contributed by atoms with E-state index in [1.165, 1.54) is 12.7 Å². The van der Waals surface area contributed by atoms with E-state index in [2.05, 4.69) is 33.0 Å². The van der Waals surface area contributed by atoms with Gasteiger partial charge in [0.05, 0.1) is 0 Å². The van der Waals surface area contributed by atoms with Gasteiger partial charge in [-0.15, -0.1) is 7.92 Å². The SMILES string of the molecule is CNCCP(C(C)C)C(C)C. The first kappa shape index (κ1) is 11.4. The van der Waals surface area contributed by atoms with Crippen LogP contribution >= 0.6 is 7.92 Å². The summed E-state index contributed by atoms with van der Waals surface area (Å²) >= 11 is 0. The van der Waals surface area contributed by atoms with Gasteiger partial charge in [0.25, 0.3) is 0 Å². The monoisotopic (exact) mass is 175 g/mol. The zero-order valence-corrected chi connectivity index (χ0v) is 9.41. The Hall–Kier alpha value is 0.390. The molecule has 0 amide bonds. The molecule has 0 aromatic heterocycles. The maximum atomic E-state index is 3.22. The second kappa shape index (κ2) is 5.97. The van der Waals surface area contributed by atoms with E-state index in [1.807, 2.05) is 7.05 Å². The van der Waals surface area contributed by atoms with Crippen LogP contribution in [-0.2, 0) is 0 Å². The molecule has 0 aromatic carbocycles. The van der Waals surface area contributed by atoms with Crippen LogP contribution in [0.25, 0.3) is 0 Å². The van der Waals surface area contributed by atoms with Gasteiger partial charge in [-0.1, -0.05) is 27.7 Å². The van der Waals surface area contributed by atoms with Crippen molar-refractivity contribution in [2.75, 3.05) is 19.8 Å². The third kappa shape index (κ3) is 4.76. The molecule has 68 valence electrons. The van der Waals surface area contributed by atoms with Crippen LogP contribution in [0.1, 0.15) is 27.7 Å². The minimum Gasteiger partial charge on any atom is -0.319 e. The molecular weight excluding hydrogens is 153 g/mol. The lowest BCUT2D eigenvalue weighted by Crippen LogP contribution is -2.16. The second-order valence-corrected chi connectivity index (χ2v) is 7.07. The largest absolute Gasteiger partial charge is 0.319 e. The maximum Gasteiger partial charge on any atom is -0.00123 e. The summed E-state index contributed by atoms with van der Waals surface area (Å²) < 4.78 is 0. The molecule has 0 spiro atoms. The van der Waals surface area contributed by atoms with Crippen molar-refractivity contribution in [3.8, 4) is 0 Å². The molecule has 0 rings (SSSR count). The normalized spacial score (nSPS) is 12.0. The summed E-state index contributed by atoms with van der Waals surface area (Å²) in [5, 5.41) is 3.22. The van der Waals surface area contributed by atoms with E-state index in [0.717, 1.165) is 11.3 Å². The second-order valence-electron chi connectivity index (χ2n) is 3.53. The Morgan fingerprint density at radius 1 is 1.09 bits per heavy atom. The highest BCUT2D eigenvalue weighted by Gasteiger charge is 2.14. The van der Waals surface area contributed by atoms with Crippen LogP contribution in [0.4, 0.5) is 0 Å². The molecule has 1 nitrogen and oxygen atoms in total. The topological polar surface area (TPSA) is 12.0 Å². The van der Waals surface area contributed by atoms with Crippen molar-refractivity contribution in [3.05, 3.63) is 0 Å². The van der Waals surface area contributed by atoms with Crippen LogP contribution in [-0.4, -0.2) is 31.1 Å². The number of hydrogen-bond acceptors (Lipinski definition) is 1. The van der Waals surface area contributed by atoms with Gasteiger partial charge in [0, 0.05) is 0 Å². The Kier molecular flexibility index (Phi) is 6.18. The van der Waals surface area contributed by atoms with Crippen molar-refractivity contribution < 1.29 is 0 Å². The number of rotatable bonds is 5. The molecule has 1 N–H and O–H groups in total. The quantitative estimate of drug-likeness (QED) is 0.633. The van der Waals surface area contributed by atoms with Crippen molar-refractivity contribution in [2.45, 2.75) is 39.0 Å². The Morgan fingerprint density at radius 3 is 1.82 bits per heavy atom. The van der Waals surface area contributed by atoms with Crippen molar-refractivity contribution in [1.29, 1.82) is 0 Å². The fourth-order valence-electron chi connectivity index (χ4n) is 1.35. The summed E-state index contributed by atoms with van der Waals surface area (Å²) in [6, 6.07) is 0. The van der Waals surface area contributed by atoms with Crippen molar-refractivity contribution in [3.63, 3.8) is 0 Å². The van der Waals surface area contributed by atoms with Gasteiger partial charge in [-0.25, -0.2) is 0 Å². The highest BCUT2D eigenvalue weighted by Crippen LogP contribution is 2.44. The van der Waals surface area contributed by atoms with Crippen molar-refractivity contribution in [1.82, 2.24) is 5.32 Å². The van der Waals surface area contributed by atoms with E-state index in [0.29, 0.717) is 0 Å². The molecule has 0 heterocycles. The molecule has 2 heteroatoms. The van der Waals surface area contributed by atoms with Crippen LogP contribution in [0.15, 0.2) is 0 Å². The smallest absolute Gasteiger partial charge is 0.00123 e. The Balaban J connectivity index is 3.70. The molecule has 0 aliphatic heterocycles. The van der Waals surface area contributed by atoms with Crippen molar-refractivity contribution >= 4 is 7.92 Å². The van der Waals surface area contributed by atoms with Crippen LogP contribution in [0, 0.1) is 0 Å². The summed E-state index contributed by atoms with van der Waals surface area (Å²) in [6.45, 7) is 10.6. The van der Waals surface area contributed by atoms with Crippen LogP contribution in [0.3, 0.4) is 0 Å². The van der Waals surface area contributed by atoms with Gasteiger partial charge in [-0.2, -0.15) is 0 Å². The average molecular weight is 175 g/mol. The van der Waals surface area contributed by atoms with Gasteiger partial charge >= 0.3 is 0 Å². The molecule has 0 radical (unpaired) electrons. The number of hydrogen-bond donors (Lipinski definition) is 1. The van der Waals surface area contributed by atoms with Gasteiger partial charge < -0.3 is 5.32 Å². The third-order valence-electron chi connectivity index (χ3n) is 1.95. The fourth-order valence-corrected chi connectivity index (χ4v) is 4.06. The van der Waals surface area contributed by atoms with Gasteiger partial charge in [-0.3, -0.25) is 0 Å². The Labute approximate surface area is 72.7 Å². The highest BCUT2D eigenvalue weighted by atomic mass is 31.1. The molecule has 0 bridgehead atoms. The van der Waals surface area contributed by atoms with Crippen LogP contribution in [0.2, 0.25) is 0 Å². The molecule has 0 aromatic rings. The van der Waals surface area contributed by atoms with Gasteiger partial charge in [0.15, 0.2) is 0 Å². The molecule has 0 unspecified atom stereocenters. The summed E-state index contributed by atoms with van der Waals surface area (Å²) in [7, 11) is 2.29. The molecule has 0 saturated heterocycles. The van der Waals surface area contributed by atoms with Gasteiger partial charge in [-0.05, 0) is 31.1 Å². The molecule has 0 atom stereocenters. The first-order valence-corrected chi connectivity index (χ1v) is 6.16. The first-order chi connectivity index (χ1) is 5.09.